The highest BCUT2D eigenvalue weighted by molar-refractivity contribution is 7.95. The van der Waals surface area contributed by atoms with Crippen molar-refractivity contribution >= 4 is 50.1 Å². The van der Waals surface area contributed by atoms with E-state index < -0.39 is 10.0 Å². The maximum atomic E-state index is 14.2. The molecule has 14 heteroatoms. The highest BCUT2D eigenvalue weighted by atomic mass is 32.2. The molecule has 0 N–H and O–H groups in total. The van der Waals surface area contributed by atoms with E-state index in [1.54, 1.807) is 43.0 Å². The number of ether oxygens (including phenoxy) is 2. The third-order valence-electron chi connectivity index (χ3n) is 8.62. The molecule has 6 aromatic rings. The van der Waals surface area contributed by atoms with Crippen LogP contribution in [0.15, 0.2) is 96.6 Å². The molecule has 0 fully saturated rings. The van der Waals surface area contributed by atoms with Crippen molar-refractivity contribution in [2.24, 2.45) is 0 Å². The minimum absolute atomic E-state index is 0.148. The number of methoxy groups -OCH3 is 1. The van der Waals surface area contributed by atoms with Crippen molar-refractivity contribution in [1.82, 2.24) is 14.7 Å². The second-order valence-corrected chi connectivity index (χ2v) is 15.7. The summed E-state index contributed by atoms with van der Waals surface area (Å²) in [6.45, 7) is 8.15. The van der Waals surface area contributed by atoms with Crippen molar-refractivity contribution in [3.05, 3.63) is 117 Å². The zero-order chi connectivity index (χ0) is 36.8. The van der Waals surface area contributed by atoms with Gasteiger partial charge in [-0.05, 0) is 67.5 Å². The molecule has 11 nitrogen and oxygen atoms in total. The zero-order valence-electron chi connectivity index (χ0n) is 29.6. The molecule has 272 valence electrons. The highest BCUT2D eigenvalue weighted by Crippen LogP contribution is 2.37. The number of fused-ring (bicyclic) bond motifs is 1. The van der Waals surface area contributed by atoms with E-state index in [-0.39, 0.29) is 28.9 Å². The van der Waals surface area contributed by atoms with Gasteiger partial charge >= 0.3 is 0 Å². The van der Waals surface area contributed by atoms with E-state index >= 15 is 0 Å². The summed E-state index contributed by atoms with van der Waals surface area (Å²) < 4.78 is 53.6. The zero-order valence-corrected chi connectivity index (χ0v) is 32.1. The Morgan fingerprint density at radius 3 is 2.42 bits per heavy atom. The number of benzene rings is 2. The fraction of sp³-hybridized carbons (Fsp3) is 0.289. The van der Waals surface area contributed by atoms with Gasteiger partial charge in [-0.3, -0.25) is 9.78 Å². The van der Waals surface area contributed by atoms with E-state index in [1.165, 1.54) is 0 Å². The molecule has 0 saturated carbocycles. The van der Waals surface area contributed by atoms with Crippen LogP contribution in [0.1, 0.15) is 42.1 Å². The van der Waals surface area contributed by atoms with Crippen LogP contribution in [-0.4, -0.2) is 50.2 Å². The van der Waals surface area contributed by atoms with E-state index in [1.807, 2.05) is 67.6 Å². The molecule has 52 heavy (non-hydrogen) atoms. The topological polar surface area (TPSA) is 126 Å². The first-order valence-electron chi connectivity index (χ1n) is 16.8. The summed E-state index contributed by atoms with van der Waals surface area (Å²) in [7, 11) is -2.57. The summed E-state index contributed by atoms with van der Waals surface area (Å²) in [4.78, 5) is 19.4. The first-order chi connectivity index (χ1) is 25.2. The molecule has 0 aliphatic carbocycles. The minimum Gasteiger partial charge on any atom is -0.421 e. The average molecular weight is 761 g/mol. The van der Waals surface area contributed by atoms with E-state index in [2.05, 4.69) is 12.1 Å². The number of para-hydroxylation sites is 1. The Labute approximate surface area is 311 Å². The van der Waals surface area contributed by atoms with Gasteiger partial charge in [0.05, 0.1) is 47.9 Å². The van der Waals surface area contributed by atoms with Gasteiger partial charge < -0.3 is 22.7 Å². The number of sulfonamides is 1. The van der Waals surface area contributed by atoms with Crippen molar-refractivity contribution in [3.8, 4) is 16.9 Å². The Hall–Kier alpha value is -4.47. The maximum Gasteiger partial charge on any atom is 0.277 e. The van der Waals surface area contributed by atoms with Crippen LogP contribution in [-0.2, 0) is 38.9 Å². The Morgan fingerprint density at radius 2 is 1.75 bits per heavy atom. The quantitative estimate of drug-likeness (QED) is 0.0548. The van der Waals surface area contributed by atoms with Crippen LogP contribution in [0.25, 0.3) is 22.0 Å². The molecule has 0 aliphatic heterocycles. The molecule has 6 rings (SSSR count). The number of aromatic nitrogens is 3. The number of hydrogen-bond donors (Lipinski definition) is 0. The van der Waals surface area contributed by atoms with Crippen LogP contribution in [0.2, 0.25) is 0 Å². The van der Waals surface area contributed by atoms with E-state index in [0.29, 0.717) is 52.7 Å². The van der Waals surface area contributed by atoms with Crippen molar-refractivity contribution in [3.63, 3.8) is 0 Å². The molecule has 0 aliphatic rings. The van der Waals surface area contributed by atoms with Crippen LogP contribution in [0.4, 0.5) is 5.82 Å². The van der Waals surface area contributed by atoms with E-state index in [9.17, 15) is 13.2 Å². The first-order valence-corrected chi connectivity index (χ1v) is 19.9. The Morgan fingerprint density at radius 1 is 0.981 bits per heavy atom. The third kappa shape index (κ3) is 7.81. The number of nitrogens with zero attached hydrogens (tertiary/aromatic N) is 4. The predicted octanol–water partition coefficient (Wildman–Crippen LogP) is 7.80. The second-order valence-electron chi connectivity index (χ2n) is 12.0. The molecule has 0 amide bonds. The van der Waals surface area contributed by atoms with Gasteiger partial charge in [-0.1, -0.05) is 61.5 Å². The van der Waals surface area contributed by atoms with Gasteiger partial charge in [0.2, 0.25) is 0 Å². The van der Waals surface area contributed by atoms with Crippen LogP contribution in [0.5, 0.6) is 5.75 Å². The van der Waals surface area contributed by atoms with E-state index in [4.69, 9.17) is 23.2 Å². The van der Waals surface area contributed by atoms with Crippen LogP contribution < -0.4 is 14.0 Å². The lowest BCUT2D eigenvalue weighted by atomic mass is 10.1. The predicted molar refractivity (Wildman–Crippen MR) is 205 cm³/mol. The largest absolute Gasteiger partial charge is 0.421 e. The molecular formula is C38H40N4O7S3. The lowest BCUT2D eigenvalue weighted by Crippen LogP contribution is -2.34. The monoisotopic (exact) mass is 760 g/mol. The molecule has 0 unspecified atom stereocenters. The summed E-state index contributed by atoms with van der Waals surface area (Å²) in [6, 6.07) is 22.4. The summed E-state index contributed by atoms with van der Waals surface area (Å²) >= 11 is 2.28. The highest BCUT2D eigenvalue weighted by Gasteiger charge is 2.33. The third-order valence-corrected chi connectivity index (χ3v) is 12.6. The van der Waals surface area contributed by atoms with Gasteiger partial charge in [0.15, 0.2) is 5.82 Å². The number of pyridine rings is 2. The summed E-state index contributed by atoms with van der Waals surface area (Å²) in [5, 5.41) is 6.69. The summed E-state index contributed by atoms with van der Waals surface area (Å²) in [5.41, 5.74) is 5.17. The standard InChI is InChI=1S/C38H40N4O7S3/c1-6-29-21-33-36(32(7-2)39-29)34(51-49-30-11-9-8-10-12-30)22-35(43)41(33)23-27-13-15-28(16-14-27)31-17-20-50-38(31)52(44,45)42(24-47-19-18-46-5)37-25(3)26(4)48-40-37/h8-17,20-22H,6-7,18-19,23-24H2,1-5H3. The lowest BCUT2D eigenvalue weighted by molar-refractivity contribution is 0.0753. The Kier molecular flexibility index (Phi) is 11.8. The Balaban J connectivity index is 1.32. The van der Waals surface area contributed by atoms with Gasteiger partial charge in [0.1, 0.15) is 22.4 Å². The van der Waals surface area contributed by atoms with Gasteiger partial charge in [-0.2, -0.15) is 0 Å². The molecule has 0 radical (unpaired) electrons. The van der Waals surface area contributed by atoms with Crippen LogP contribution >= 0.6 is 23.4 Å². The smallest absolute Gasteiger partial charge is 0.277 e. The van der Waals surface area contributed by atoms with Gasteiger partial charge in [-0.15, -0.1) is 11.3 Å². The summed E-state index contributed by atoms with van der Waals surface area (Å²) in [6.07, 6.45) is 1.41. The van der Waals surface area contributed by atoms with Crippen molar-refractivity contribution < 1.29 is 26.6 Å². The minimum atomic E-state index is -4.11. The number of hydrogen-bond acceptors (Lipinski definition) is 11. The lowest BCUT2D eigenvalue weighted by Gasteiger charge is -2.22. The fourth-order valence-electron chi connectivity index (χ4n) is 5.69. The first kappa shape index (κ1) is 37.3. The number of rotatable bonds is 16. The van der Waals surface area contributed by atoms with Crippen LogP contribution in [0, 0.1) is 13.8 Å². The number of anilines is 1. The normalized spacial score (nSPS) is 11.7. The van der Waals surface area contributed by atoms with Gasteiger partial charge in [0.25, 0.3) is 15.6 Å². The number of aryl methyl sites for hydroxylation is 3. The second kappa shape index (κ2) is 16.5. The molecule has 4 aromatic heterocycles. The van der Waals surface area contributed by atoms with Gasteiger partial charge in [0, 0.05) is 35.4 Å². The molecule has 0 atom stereocenters. The SMILES string of the molecule is CCc1cc2c(c(SOc3ccccc3)cc(=O)n2Cc2ccc(-c3ccsc3S(=O)(=O)N(COCCOC)c3noc(C)c3C)cc2)c(CC)n1. The summed E-state index contributed by atoms with van der Waals surface area (Å²) in [5.74, 6) is 1.38. The Bertz CT molecular complexity index is 2320. The molecule has 0 bridgehead atoms. The molecule has 0 saturated heterocycles. The van der Waals surface area contributed by atoms with Crippen molar-refractivity contribution in [2.75, 3.05) is 31.4 Å². The maximum absolute atomic E-state index is 14.2. The van der Waals surface area contributed by atoms with Crippen molar-refractivity contribution in [1.29, 1.82) is 0 Å². The number of thiophene rings is 1. The molecule has 2 aromatic carbocycles. The van der Waals surface area contributed by atoms with Crippen LogP contribution in [0.3, 0.4) is 0 Å². The average Bonchev–Trinajstić information content (AvgIpc) is 3.79. The molecular weight excluding hydrogens is 721 g/mol. The molecule has 0 spiro atoms. The fourth-order valence-corrected chi connectivity index (χ4v) is 9.28. The van der Waals surface area contributed by atoms with Crippen molar-refractivity contribution in [2.45, 2.75) is 56.2 Å². The van der Waals surface area contributed by atoms with E-state index in [0.717, 1.165) is 62.0 Å². The molecule has 4 heterocycles. The van der Waals surface area contributed by atoms with Gasteiger partial charge in [-0.25, -0.2) is 12.7 Å².